The molecule has 37 heavy (non-hydrogen) atoms. The van der Waals surface area contributed by atoms with Gasteiger partial charge in [-0.2, -0.15) is 39.5 Å². The average molecular weight is 538 g/mol. The zero-order chi connectivity index (χ0) is 27.6. The van der Waals surface area contributed by atoms with Crippen LogP contribution in [-0.4, -0.2) is 35.2 Å². The predicted octanol–water partition coefficient (Wildman–Crippen LogP) is 7.44. The molecule has 0 unspecified atom stereocenters. The monoisotopic (exact) mass is 538 g/mol. The van der Waals surface area contributed by atoms with Gasteiger partial charge < -0.3 is 14.6 Å². The number of halogens is 9. The molecule has 0 heterocycles. The van der Waals surface area contributed by atoms with E-state index in [9.17, 15) is 49.4 Å². The van der Waals surface area contributed by atoms with Crippen molar-refractivity contribution in [3.8, 4) is 22.6 Å². The fraction of sp³-hybridized carbons (Fsp3) is 0.208. The highest BCUT2D eigenvalue weighted by atomic mass is 19.4. The Morgan fingerprint density at radius 3 is 1.84 bits per heavy atom. The molecule has 0 aromatic heterocycles. The number of rotatable bonds is 9. The molecule has 0 spiro atoms. The molecule has 0 saturated heterocycles. The van der Waals surface area contributed by atoms with Crippen LogP contribution in [0, 0.1) is 0 Å². The molecule has 0 radical (unpaired) electrons. The first-order valence-electron chi connectivity index (χ1n) is 10.1. The summed E-state index contributed by atoms with van der Waals surface area (Å²) in [6, 6.07) is 15.9. The van der Waals surface area contributed by atoms with Crippen LogP contribution < -0.4 is 9.47 Å². The average Bonchev–Trinajstić information content (AvgIpc) is 2.82. The summed E-state index contributed by atoms with van der Waals surface area (Å²) in [5.74, 6) is -16.7. The molecule has 1 N–H and O–H groups in total. The maximum Gasteiger partial charge on any atom is 0.471 e. The Kier molecular flexibility index (Phi) is 7.38. The molecule has 0 fully saturated rings. The Morgan fingerprint density at radius 1 is 0.730 bits per heavy atom. The number of alkyl halides is 9. The SMILES string of the molecule is O=C(O)c1ccc(OC(F)(F)C(F)(F)C(F)(F)C(F)(F)F)cc1-c1ccc(OCc2ccccc2)cc1. The Morgan fingerprint density at radius 2 is 1.30 bits per heavy atom. The predicted molar refractivity (Wildman–Crippen MR) is 111 cm³/mol. The van der Waals surface area contributed by atoms with Gasteiger partial charge in [-0.15, -0.1) is 0 Å². The topological polar surface area (TPSA) is 55.8 Å². The summed E-state index contributed by atoms with van der Waals surface area (Å²) in [6.07, 6.45) is -13.3. The molecule has 0 bridgehead atoms. The summed E-state index contributed by atoms with van der Waals surface area (Å²) in [7, 11) is 0. The zero-order valence-corrected chi connectivity index (χ0v) is 18.2. The van der Waals surface area contributed by atoms with Gasteiger partial charge in [0.15, 0.2) is 0 Å². The summed E-state index contributed by atoms with van der Waals surface area (Å²) in [4.78, 5) is 11.6. The van der Waals surface area contributed by atoms with Crippen LogP contribution in [0.15, 0.2) is 72.8 Å². The number of ether oxygens (including phenoxy) is 2. The van der Waals surface area contributed by atoms with Gasteiger partial charge in [-0.1, -0.05) is 42.5 Å². The summed E-state index contributed by atoms with van der Waals surface area (Å²) < 4.78 is 127. The number of aromatic carboxylic acids is 1. The van der Waals surface area contributed by atoms with Crippen LogP contribution in [0.25, 0.3) is 11.1 Å². The fourth-order valence-electron chi connectivity index (χ4n) is 3.06. The highest BCUT2D eigenvalue weighted by Crippen LogP contribution is 2.53. The van der Waals surface area contributed by atoms with Crippen LogP contribution in [0.1, 0.15) is 15.9 Å². The molecule has 0 aliphatic carbocycles. The normalized spacial score (nSPS) is 12.8. The zero-order valence-electron chi connectivity index (χ0n) is 18.2. The third-order valence-electron chi connectivity index (χ3n) is 5.00. The van der Waals surface area contributed by atoms with E-state index in [1.807, 2.05) is 0 Å². The highest BCUT2D eigenvalue weighted by Gasteiger charge is 2.83. The minimum atomic E-state index is -7.14. The molecule has 0 saturated carbocycles. The van der Waals surface area contributed by atoms with Crippen molar-refractivity contribution in [1.82, 2.24) is 0 Å². The lowest BCUT2D eigenvalue weighted by Crippen LogP contribution is -2.62. The van der Waals surface area contributed by atoms with E-state index < -0.39 is 41.4 Å². The Balaban J connectivity index is 1.89. The summed E-state index contributed by atoms with van der Waals surface area (Å²) >= 11 is 0. The fourth-order valence-corrected chi connectivity index (χ4v) is 3.06. The van der Waals surface area contributed by atoms with Crippen molar-refractivity contribution in [2.45, 2.75) is 30.7 Å². The van der Waals surface area contributed by atoms with Gasteiger partial charge in [-0.3, -0.25) is 0 Å². The second kappa shape index (κ2) is 9.87. The van der Waals surface area contributed by atoms with Gasteiger partial charge in [0.1, 0.15) is 18.1 Å². The molecular formula is C24H15F9O4. The lowest BCUT2D eigenvalue weighted by molar-refractivity contribution is -0.428. The van der Waals surface area contributed by atoms with Crippen LogP contribution >= 0.6 is 0 Å². The number of carboxylic acid groups (broad SMARTS) is 1. The molecule has 3 rings (SSSR count). The number of carboxylic acids is 1. The van der Waals surface area contributed by atoms with Crippen molar-refractivity contribution in [3.05, 3.63) is 83.9 Å². The molecule has 3 aromatic rings. The first kappa shape index (κ1) is 27.7. The summed E-state index contributed by atoms with van der Waals surface area (Å²) in [5, 5.41) is 9.38. The van der Waals surface area contributed by atoms with Crippen molar-refractivity contribution in [3.63, 3.8) is 0 Å². The van der Waals surface area contributed by atoms with E-state index >= 15 is 0 Å². The molecular weight excluding hydrogens is 523 g/mol. The molecule has 4 nitrogen and oxygen atoms in total. The molecule has 3 aromatic carbocycles. The first-order chi connectivity index (χ1) is 17.1. The van der Waals surface area contributed by atoms with Crippen molar-refractivity contribution in [1.29, 1.82) is 0 Å². The van der Waals surface area contributed by atoms with Crippen molar-refractivity contribution >= 4 is 5.97 Å². The molecule has 13 heteroatoms. The first-order valence-corrected chi connectivity index (χ1v) is 10.1. The standard InChI is InChI=1S/C24H15F9O4/c25-21(26,23(29,30)31)22(27,28)24(32,33)37-17-10-11-18(20(34)35)19(12-17)15-6-8-16(9-7-15)36-13-14-4-2-1-3-5-14/h1-12H,13H2,(H,34,35). The molecule has 198 valence electrons. The van der Waals surface area contributed by atoms with Crippen LogP contribution in [-0.2, 0) is 6.61 Å². The van der Waals surface area contributed by atoms with Gasteiger partial charge in [-0.25, -0.2) is 4.79 Å². The second-order valence-corrected chi connectivity index (χ2v) is 7.58. The van der Waals surface area contributed by atoms with E-state index in [4.69, 9.17) is 4.74 Å². The quantitative estimate of drug-likeness (QED) is 0.288. The van der Waals surface area contributed by atoms with Gasteiger partial charge in [0, 0.05) is 0 Å². The van der Waals surface area contributed by atoms with Gasteiger partial charge >= 0.3 is 30.1 Å². The number of hydrogen-bond donors (Lipinski definition) is 1. The van der Waals surface area contributed by atoms with E-state index in [1.165, 1.54) is 24.3 Å². The van der Waals surface area contributed by atoms with E-state index in [0.717, 1.165) is 5.56 Å². The largest absolute Gasteiger partial charge is 0.489 e. The van der Waals surface area contributed by atoms with Crippen LogP contribution in [0.4, 0.5) is 39.5 Å². The third-order valence-corrected chi connectivity index (χ3v) is 5.00. The molecule has 0 aliphatic rings. The lowest BCUT2D eigenvalue weighted by Gasteiger charge is -2.33. The van der Waals surface area contributed by atoms with Crippen LogP contribution in [0.5, 0.6) is 11.5 Å². The number of hydrogen-bond acceptors (Lipinski definition) is 3. The highest BCUT2D eigenvalue weighted by molar-refractivity contribution is 5.96. The molecule has 0 aliphatic heterocycles. The smallest absolute Gasteiger partial charge is 0.471 e. The molecule has 0 amide bonds. The Hall–Kier alpha value is -3.90. The van der Waals surface area contributed by atoms with Gasteiger partial charge in [0.2, 0.25) is 0 Å². The minimum Gasteiger partial charge on any atom is -0.489 e. The Bertz CT molecular complexity index is 1240. The lowest BCUT2D eigenvalue weighted by atomic mass is 9.99. The minimum absolute atomic E-state index is 0.0330. The van der Waals surface area contributed by atoms with Gasteiger partial charge in [0.05, 0.1) is 5.56 Å². The number of benzene rings is 3. The van der Waals surface area contributed by atoms with Crippen molar-refractivity contribution in [2.75, 3.05) is 0 Å². The van der Waals surface area contributed by atoms with Crippen LogP contribution in [0.3, 0.4) is 0 Å². The van der Waals surface area contributed by atoms with Crippen molar-refractivity contribution in [2.24, 2.45) is 0 Å². The van der Waals surface area contributed by atoms with E-state index in [2.05, 4.69) is 4.74 Å². The van der Waals surface area contributed by atoms with E-state index in [-0.39, 0.29) is 17.7 Å². The van der Waals surface area contributed by atoms with Crippen LogP contribution in [0.2, 0.25) is 0 Å². The second-order valence-electron chi connectivity index (χ2n) is 7.58. The molecule has 0 atom stereocenters. The maximum atomic E-state index is 13.9. The van der Waals surface area contributed by atoms with Gasteiger partial charge in [-0.05, 0) is 47.0 Å². The summed E-state index contributed by atoms with van der Waals surface area (Å²) in [5.41, 5.74) is -0.0358. The Labute approximate surface area is 202 Å². The van der Waals surface area contributed by atoms with E-state index in [1.54, 1.807) is 30.3 Å². The number of carbonyl (C=O) groups is 1. The summed E-state index contributed by atoms with van der Waals surface area (Å²) in [6.45, 7) is 0.176. The van der Waals surface area contributed by atoms with Gasteiger partial charge in [0.25, 0.3) is 0 Å². The maximum absolute atomic E-state index is 13.9. The third kappa shape index (κ3) is 5.59. The van der Waals surface area contributed by atoms with Crippen molar-refractivity contribution < 1.29 is 58.9 Å². The van der Waals surface area contributed by atoms with E-state index in [0.29, 0.717) is 23.9 Å².